The van der Waals surface area contributed by atoms with E-state index in [1.54, 1.807) is 13.3 Å². The molecule has 1 aromatic heterocycles. The summed E-state index contributed by atoms with van der Waals surface area (Å²) in [4.78, 5) is 8.81. The average Bonchev–Trinajstić information content (AvgIpc) is 3.07. The Labute approximate surface area is 137 Å². The monoisotopic (exact) mass is 393 g/mol. The molecule has 20 heavy (non-hydrogen) atoms. The van der Waals surface area contributed by atoms with Crippen molar-refractivity contribution in [3.05, 3.63) is 18.0 Å². The van der Waals surface area contributed by atoms with Crippen molar-refractivity contribution in [1.29, 1.82) is 0 Å². The van der Waals surface area contributed by atoms with Gasteiger partial charge in [-0.25, -0.2) is 0 Å². The Balaban J connectivity index is 0.00000200. The molecule has 1 aliphatic heterocycles. The quantitative estimate of drug-likeness (QED) is 0.466. The zero-order valence-corrected chi connectivity index (χ0v) is 14.5. The van der Waals surface area contributed by atoms with Gasteiger partial charge < -0.3 is 19.6 Å². The van der Waals surface area contributed by atoms with Gasteiger partial charge in [-0.05, 0) is 25.9 Å². The third kappa shape index (κ3) is 5.28. The zero-order valence-electron chi connectivity index (χ0n) is 12.2. The van der Waals surface area contributed by atoms with Crippen molar-refractivity contribution >= 4 is 29.9 Å². The van der Waals surface area contributed by atoms with Crippen molar-refractivity contribution in [1.82, 2.24) is 20.3 Å². The largest absolute Gasteiger partial charge is 0.364 e. The van der Waals surface area contributed by atoms with Gasteiger partial charge in [0.05, 0.1) is 6.54 Å². The zero-order chi connectivity index (χ0) is 13.5. The molecule has 0 atom stereocenters. The van der Waals surface area contributed by atoms with Crippen LogP contribution >= 0.6 is 24.0 Å². The Hall–Kier alpha value is -0.830. The summed E-state index contributed by atoms with van der Waals surface area (Å²) in [6.07, 6.45) is 4.26. The number of halogens is 1. The summed E-state index contributed by atoms with van der Waals surface area (Å²) in [5.41, 5.74) is 0.907. The topological polar surface area (TPSA) is 56.9 Å². The molecule has 0 saturated carbocycles. The van der Waals surface area contributed by atoms with Crippen LogP contribution in [-0.2, 0) is 6.54 Å². The number of aliphatic imine (C=N–C) groups is 1. The highest BCUT2D eigenvalue weighted by molar-refractivity contribution is 14.0. The van der Waals surface area contributed by atoms with Crippen LogP contribution in [0.5, 0.6) is 0 Å². The predicted octanol–water partition coefficient (Wildman–Crippen LogP) is 1.40. The minimum atomic E-state index is 0. The summed E-state index contributed by atoms with van der Waals surface area (Å²) in [7, 11) is 3.80. The van der Waals surface area contributed by atoms with E-state index in [1.165, 1.54) is 25.9 Å². The molecule has 1 saturated heterocycles. The van der Waals surface area contributed by atoms with E-state index in [2.05, 4.69) is 20.4 Å². The van der Waals surface area contributed by atoms with Crippen molar-refractivity contribution in [3.8, 4) is 0 Å². The van der Waals surface area contributed by atoms with Gasteiger partial charge in [0, 0.05) is 33.3 Å². The third-order valence-corrected chi connectivity index (χ3v) is 3.37. The van der Waals surface area contributed by atoms with Gasteiger partial charge in [-0.15, -0.1) is 24.0 Å². The number of likely N-dealkylation sites (tertiary alicyclic amines) is 1. The summed E-state index contributed by atoms with van der Waals surface area (Å²) in [5, 5.41) is 7.29. The third-order valence-electron chi connectivity index (χ3n) is 3.37. The van der Waals surface area contributed by atoms with Crippen LogP contribution in [0.2, 0.25) is 0 Å². The van der Waals surface area contributed by atoms with Crippen LogP contribution in [-0.4, -0.2) is 61.2 Å². The fraction of sp³-hybridized carbons (Fsp3) is 0.692. The summed E-state index contributed by atoms with van der Waals surface area (Å²) in [6.45, 7) is 5.16. The van der Waals surface area contributed by atoms with Crippen LogP contribution in [0, 0.1) is 0 Å². The number of nitrogens with zero attached hydrogens (tertiary/aromatic N) is 4. The molecule has 7 heteroatoms. The van der Waals surface area contributed by atoms with Crippen LogP contribution < -0.4 is 5.32 Å². The molecule has 1 aromatic rings. The van der Waals surface area contributed by atoms with E-state index < -0.39 is 0 Å². The van der Waals surface area contributed by atoms with Crippen molar-refractivity contribution in [2.45, 2.75) is 19.4 Å². The molecule has 2 rings (SSSR count). The fourth-order valence-electron chi connectivity index (χ4n) is 2.35. The Morgan fingerprint density at radius 1 is 1.50 bits per heavy atom. The second kappa shape index (κ2) is 9.17. The smallest absolute Gasteiger partial charge is 0.193 e. The molecule has 2 heterocycles. The normalized spacial score (nSPS) is 16.0. The van der Waals surface area contributed by atoms with Crippen LogP contribution in [0.1, 0.15) is 18.5 Å². The first-order valence-corrected chi connectivity index (χ1v) is 6.83. The number of nitrogens with one attached hydrogen (secondary N) is 1. The summed E-state index contributed by atoms with van der Waals surface area (Å²) in [6, 6.07) is 1.87. The van der Waals surface area contributed by atoms with Gasteiger partial charge in [0.1, 0.15) is 12.0 Å². The first-order chi connectivity index (χ1) is 9.29. The van der Waals surface area contributed by atoms with E-state index in [1.807, 2.05) is 18.0 Å². The van der Waals surface area contributed by atoms with E-state index in [0.717, 1.165) is 24.7 Å². The minimum Gasteiger partial charge on any atom is -0.364 e. The highest BCUT2D eigenvalue weighted by Gasteiger charge is 2.12. The van der Waals surface area contributed by atoms with Crippen molar-refractivity contribution in [2.24, 2.45) is 4.99 Å². The molecule has 114 valence electrons. The maximum Gasteiger partial charge on any atom is 0.193 e. The molecule has 0 aromatic carbocycles. The Morgan fingerprint density at radius 2 is 2.25 bits per heavy atom. The van der Waals surface area contributed by atoms with E-state index in [9.17, 15) is 0 Å². The van der Waals surface area contributed by atoms with E-state index in [-0.39, 0.29) is 24.0 Å². The Bertz CT molecular complexity index is 389. The van der Waals surface area contributed by atoms with Gasteiger partial charge in [-0.2, -0.15) is 0 Å². The summed E-state index contributed by atoms with van der Waals surface area (Å²) < 4.78 is 4.83. The second-order valence-electron chi connectivity index (χ2n) is 4.87. The molecular formula is C13H24IN5O. The van der Waals surface area contributed by atoms with E-state index >= 15 is 0 Å². The molecule has 0 aliphatic carbocycles. The van der Waals surface area contributed by atoms with Crippen molar-refractivity contribution < 1.29 is 4.52 Å². The number of hydrogen-bond donors (Lipinski definition) is 1. The summed E-state index contributed by atoms with van der Waals surface area (Å²) >= 11 is 0. The maximum atomic E-state index is 4.83. The van der Waals surface area contributed by atoms with Crippen LogP contribution in [0.25, 0.3) is 0 Å². The number of hydrogen-bond acceptors (Lipinski definition) is 4. The Morgan fingerprint density at radius 3 is 2.85 bits per heavy atom. The highest BCUT2D eigenvalue weighted by Crippen LogP contribution is 2.05. The first-order valence-electron chi connectivity index (χ1n) is 6.83. The van der Waals surface area contributed by atoms with Crippen LogP contribution in [0.15, 0.2) is 21.8 Å². The molecule has 1 aliphatic rings. The number of aromatic nitrogens is 1. The van der Waals surface area contributed by atoms with Crippen LogP contribution in [0.4, 0.5) is 0 Å². The van der Waals surface area contributed by atoms with Gasteiger partial charge in [-0.3, -0.25) is 4.99 Å². The molecule has 1 fully saturated rings. The first kappa shape index (κ1) is 17.2. The minimum absolute atomic E-state index is 0. The van der Waals surface area contributed by atoms with Crippen molar-refractivity contribution in [2.75, 3.05) is 40.3 Å². The molecule has 0 unspecified atom stereocenters. The second-order valence-corrected chi connectivity index (χ2v) is 4.87. The molecular weight excluding hydrogens is 369 g/mol. The van der Waals surface area contributed by atoms with Crippen molar-refractivity contribution in [3.63, 3.8) is 0 Å². The standard InChI is InChI=1S/C13H23N5O.HI/c1-14-13(15-6-9-18-7-3-4-8-18)17(2)11-12-5-10-19-16-12;/h5,10H,3-4,6-9,11H2,1-2H3,(H,14,15);1H. The molecule has 0 radical (unpaired) electrons. The van der Waals surface area contributed by atoms with Gasteiger partial charge in [0.2, 0.25) is 0 Å². The predicted molar refractivity (Wildman–Crippen MR) is 90.4 cm³/mol. The molecule has 0 bridgehead atoms. The van der Waals surface area contributed by atoms with E-state index in [0.29, 0.717) is 6.54 Å². The van der Waals surface area contributed by atoms with Gasteiger partial charge in [0.25, 0.3) is 0 Å². The van der Waals surface area contributed by atoms with Gasteiger partial charge >= 0.3 is 0 Å². The van der Waals surface area contributed by atoms with Gasteiger partial charge in [-0.1, -0.05) is 5.16 Å². The maximum absolute atomic E-state index is 4.83. The molecule has 6 nitrogen and oxygen atoms in total. The fourth-order valence-corrected chi connectivity index (χ4v) is 2.35. The molecule has 0 spiro atoms. The lowest BCUT2D eigenvalue weighted by atomic mass is 10.4. The van der Waals surface area contributed by atoms with Gasteiger partial charge in [0.15, 0.2) is 5.96 Å². The van der Waals surface area contributed by atoms with Crippen LogP contribution in [0.3, 0.4) is 0 Å². The van der Waals surface area contributed by atoms with E-state index in [4.69, 9.17) is 4.52 Å². The lowest BCUT2D eigenvalue weighted by molar-refractivity contribution is 0.339. The molecule has 1 N–H and O–H groups in total. The number of rotatable bonds is 5. The number of guanidine groups is 1. The lowest BCUT2D eigenvalue weighted by Gasteiger charge is -2.22. The lowest BCUT2D eigenvalue weighted by Crippen LogP contribution is -2.41. The summed E-state index contributed by atoms with van der Waals surface area (Å²) in [5.74, 6) is 0.891. The molecule has 0 amide bonds. The highest BCUT2D eigenvalue weighted by atomic mass is 127. The average molecular weight is 393 g/mol. The Kier molecular flexibility index (Phi) is 7.90. The SMILES string of the molecule is CN=C(NCCN1CCCC1)N(C)Cc1ccon1.I.